The topological polar surface area (TPSA) is 77.9 Å². The van der Waals surface area contributed by atoms with Crippen molar-refractivity contribution < 1.29 is 9.59 Å². The molecule has 0 radical (unpaired) electrons. The van der Waals surface area contributed by atoms with E-state index in [-0.39, 0.29) is 17.9 Å². The van der Waals surface area contributed by atoms with E-state index < -0.39 is 0 Å². The first-order chi connectivity index (χ1) is 11.6. The summed E-state index contributed by atoms with van der Waals surface area (Å²) >= 11 is 1.30. The Bertz CT molecular complexity index is 629. The molecule has 1 N–H and O–H groups in total. The highest BCUT2D eigenvalue weighted by Crippen LogP contribution is 2.15. The molecule has 128 valence electrons. The first-order valence-corrected chi connectivity index (χ1v) is 9.04. The van der Waals surface area contributed by atoms with Gasteiger partial charge < -0.3 is 15.1 Å². The lowest BCUT2D eigenvalue weighted by Crippen LogP contribution is -2.49. The van der Waals surface area contributed by atoms with E-state index in [1.807, 2.05) is 30.0 Å². The lowest BCUT2D eigenvalue weighted by Gasteiger charge is -2.35. The normalized spacial score (nSPS) is 21.3. The molecule has 0 aromatic carbocycles. The average Bonchev–Trinajstić information content (AvgIpc) is 2.60. The molecule has 2 amide bonds. The highest BCUT2D eigenvalue weighted by Gasteiger charge is 2.23. The zero-order chi connectivity index (χ0) is 16.9. The molecule has 0 unspecified atom stereocenters. The number of carbonyl (C=O) groups is 2. The lowest BCUT2D eigenvalue weighted by atomic mass is 10.2. The molecule has 3 rings (SSSR count). The number of rotatable bonds is 3. The van der Waals surface area contributed by atoms with Gasteiger partial charge in [-0.05, 0) is 19.1 Å². The van der Waals surface area contributed by atoms with Crippen LogP contribution in [0.4, 0.5) is 5.82 Å². The Morgan fingerprint density at radius 1 is 1.33 bits per heavy atom. The van der Waals surface area contributed by atoms with Crippen molar-refractivity contribution in [3.63, 3.8) is 0 Å². The molecule has 2 aliphatic rings. The summed E-state index contributed by atoms with van der Waals surface area (Å²) in [6.45, 7) is 4.83. The number of hydrogen-bond donors (Lipinski definition) is 1. The smallest absolute Gasteiger partial charge is 0.233 e. The molecule has 3 heterocycles. The number of pyridine rings is 1. The highest BCUT2D eigenvalue weighted by atomic mass is 32.2. The van der Waals surface area contributed by atoms with Gasteiger partial charge in [0.2, 0.25) is 11.8 Å². The van der Waals surface area contributed by atoms with Gasteiger partial charge in [0.15, 0.2) is 5.17 Å². The molecule has 7 nitrogen and oxygen atoms in total. The van der Waals surface area contributed by atoms with E-state index in [9.17, 15) is 9.59 Å². The van der Waals surface area contributed by atoms with E-state index in [0.29, 0.717) is 30.4 Å². The predicted octanol–water partition coefficient (Wildman–Crippen LogP) is 0.728. The molecule has 0 bridgehead atoms. The van der Waals surface area contributed by atoms with Crippen LogP contribution in [-0.2, 0) is 9.59 Å². The SMILES string of the molecule is C[C@H]1CC(=O)NC(SCC(=O)N2CCN(c3ccccn3)CC2)=N1. The van der Waals surface area contributed by atoms with Gasteiger partial charge >= 0.3 is 0 Å². The number of hydrogen-bond acceptors (Lipinski definition) is 6. The number of anilines is 1. The first kappa shape index (κ1) is 16.8. The van der Waals surface area contributed by atoms with Crippen LogP contribution < -0.4 is 10.2 Å². The van der Waals surface area contributed by atoms with Crippen LogP contribution >= 0.6 is 11.8 Å². The average molecular weight is 347 g/mol. The zero-order valence-electron chi connectivity index (χ0n) is 13.6. The number of aromatic nitrogens is 1. The number of nitrogens with one attached hydrogen (secondary N) is 1. The number of piperazine rings is 1. The maximum absolute atomic E-state index is 12.4. The molecule has 1 aromatic heterocycles. The maximum Gasteiger partial charge on any atom is 0.233 e. The van der Waals surface area contributed by atoms with Gasteiger partial charge in [-0.25, -0.2) is 4.98 Å². The number of thioether (sulfide) groups is 1. The molecule has 24 heavy (non-hydrogen) atoms. The third-order valence-corrected chi connectivity index (χ3v) is 4.88. The summed E-state index contributed by atoms with van der Waals surface area (Å²) in [5, 5.41) is 3.28. The minimum absolute atomic E-state index is 0.0155. The Labute approximate surface area is 145 Å². The quantitative estimate of drug-likeness (QED) is 0.872. The van der Waals surface area contributed by atoms with Crippen LogP contribution in [0.5, 0.6) is 0 Å². The standard InChI is InChI=1S/C16H21N5O2S/c1-12-10-14(22)19-16(18-12)24-11-15(23)21-8-6-20(7-9-21)13-4-2-3-5-17-13/h2-5,12H,6-11H2,1H3,(H,18,19,22)/t12-/m0/s1. The molecule has 1 saturated heterocycles. The van der Waals surface area contributed by atoms with Crippen LogP contribution in [0.15, 0.2) is 29.4 Å². The van der Waals surface area contributed by atoms with Gasteiger partial charge in [-0.15, -0.1) is 0 Å². The van der Waals surface area contributed by atoms with E-state index in [4.69, 9.17) is 0 Å². The van der Waals surface area contributed by atoms with Gasteiger partial charge in [-0.2, -0.15) is 0 Å². The molecule has 1 atom stereocenters. The summed E-state index contributed by atoms with van der Waals surface area (Å²) in [5.41, 5.74) is 0. The number of carbonyl (C=O) groups excluding carboxylic acids is 2. The van der Waals surface area contributed by atoms with Crippen LogP contribution in [0.25, 0.3) is 0 Å². The fourth-order valence-electron chi connectivity index (χ4n) is 2.74. The Balaban J connectivity index is 1.46. The summed E-state index contributed by atoms with van der Waals surface area (Å²) in [5.74, 6) is 1.30. The first-order valence-electron chi connectivity index (χ1n) is 8.06. The van der Waals surface area contributed by atoms with Crippen molar-refractivity contribution in [2.45, 2.75) is 19.4 Å². The largest absolute Gasteiger partial charge is 0.353 e. The minimum Gasteiger partial charge on any atom is -0.353 e. The van der Waals surface area contributed by atoms with Crippen LogP contribution in [0.3, 0.4) is 0 Å². The van der Waals surface area contributed by atoms with Gasteiger partial charge in [0.1, 0.15) is 5.82 Å². The van der Waals surface area contributed by atoms with Crippen molar-refractivity contribution in [2.75, 3.05) is 36.8 Å². The van der Waals surface area contributed by atoms with Crippen LogP contribution in [0, 0.1) is 0 Å². The molecule has 1 aromatic rings. The molecule has 0 saturated carbocycles. The third kappa shape index (κ3) is 4.25. The predicted molar refractivity (Wildman–Crippen MR) is 95.1 cm³/mol. The highest BCUT2D eigenvalue weighted by molar-refractivity contribution is 8.14. The van der Waals surface area contributed by atoms with Crippen molar-refractivity contribution in [1.29, 1.82) is 0 Å². The van der Waals surface area contributed by atoms with Gasteiger partial charge in [0.25, 0.3) is 0 Å². The van der Waals surface area contributed by atoms with E-state index >= 15 is 0 Å². The summed E-state index contributed by atoms with van der Waals surface area (Å²) in [4.78, 5) is 36.6. The molecular formula is C16H21N5O2S. The van der Waals surface area contributed by atoms with Crippen molar-refractivity contribution >= 4 is 34.6 Å². The molecule has 8 heteroatoms. The molecular weight excluding hydrogens is 326 g/mol. The monoisotopic (exact) mass is 347 g/mol. The third-order valence-electron chi connectivity index (χ3n) is 4.00. The Morgan fingerprint density at radius 3 is 2.79 bits per heavy atom. The van der Waals surface area contributed by atoms with Crippen LogP contribution in [-0.4, -0.2) is 64.8 Å². The van der Waals surface area contributed by atoms with E-state index in [2.05, 4.69) is 20.2 Å². The zero-order valence-corrected chi connectivity index (χ0v) is 14.5. The van der Waals surface area contributed by atoms with E-state index in [1.165, 1.54) is 11.8 Å². The van der Waals surface area contributed by atoms with Gasteiger partial charge in [0.05, 0.1) is 11.8 Å². The van der Waals surface area contributed by atoms with Crippen LogP contribution in [0.1, 0.15) is 13.3 Å². The summed E-state index contributed by atoms with van der Waals surface area (Å²) < 4.78 is 0. The lowest BCUT2D eigenvalue weighted by molar-refractivity contribution is -0.128. The Hall–Kier alpha value is -2.09. The second kappa shape index (κ2) is 7.65. The number of amides is 2. The summed E-state index contributed by atoms with van der Waals surface area (Å²) in [7, 11) is 0. The van der Waals surface area contributed by atoms with Crippen molar-refractivity contribution in [2.24, 2.45) is 4.99 Å². The van der Waals surface area contributed by atoms with E-state index in [0.717, 1.165) is 18.9 Å². The van der Waals surface area contributed by atoms with Gasteiger partial charge in [0, 0.05) is 38.8 Å². The summed E-state index contributed by atoms with van der Waals surface area (Å²) in [6.07, 6.45) is 2.19. The molecule has 0 aliphatic carbocycles. The number of aliphatic imine (C=N–C) groups is 1. The van der Waals surface area contributed by atoms with Gasteiger partial charge in [-0.1, -0.05) is 17.8 Å². The van der Waals surface area contributed by atoms with Crippen molar-refractivity contribution in [3.05, 3.63) is 24.4 Å². The number of nitrogens with zero attached hydrogens (tertiary/aromatic N) is 4. The van der Waals surface area contributed by atoms with Crippen molar-refractivity contribution in [1.82, 2.24) is 15.2 Å². The fraction of sp³-hybridized carbons (Fsp3) is 0.500. The molecule has 0 spiro atoms. The fourth-order valence-corrected chi connectivity index (χ4v) is 3.62. The summed E-state index contributed by atoms with van der Waals surface area (Å²) in [6, 6.07) is 5.83. The molecule has 2 aliphatic heterocycles. The van der Waals surface area contributed by atoms with Gasteiger partial charge in [-0.3, -0.25) is 14.6 Å². The molecule has 1 fully saturated rings. The Kier molecular flexibility index (Phi) is 5.34. The van der Waals surface area contributed by atoms with Crippen molar-refractivity contribution in [3.8, 4) is 0 Å². The second-order valence-corrected chi connectivity index (χ2v) is 6.84. The maximum atomic E-state index is 12.4. The minimum atomic E-state index is -0.0311. The second-order valence-electron chi connectivity index (χ2n) is 5.88. The van der Waals surface area contributed by atoms with Crippen LogP contribution in [0.2, 0.25) is 0 Å². The number of amidine groups is 1. The Morgan fingerprint density at radius 2 is 2.12 bits per heavy atom. The van der Waals surface area contributed by atoms with E-state index in [1.54, 1.807) is 6.20 Å².